The second-order valence-corrected chi connectivity index (χ2v) is 11.0. The predicted octanol–water partition coefficient (Wildman–Crippen LogP) is 4.45. The van der Waals surface area contributed by atoms with Crippen molar-refractivity contribution < 1.29 is 24.2 Å². The smallest absolute Gasteiger partial charge is 0.408 e. The monoisotopic (exact) mass is 527 g/mol. The lowest BCUT2D eigenvalue weighted by Gasteiger charge is -2.36. The topological polar surface area (TPSA) is 108 Å². The van der Waals surface area contributed by atoms with E-state index in [1.807, 2.05) is 0 Å². The van der Waals surface area contributed by atoms with Crippen LogP contribution in [-0.2, 0) is 14.3 Å². The molecule has 0 radical (unpaired) electrons. The molecule has 1 saturated carbocycles. The molecule has 210 valence electrons. The number of carbonyl (C=O) groups excluding carboxylic acids is 3. The third-order valence-corrected chi connectivity index (χ3v) is 6.63. The Kier molecular flexibility index (Phi) is 12.6. The van der Waals surface area contributed by atoms with Crippen molar-refractivity contribution in [1.29, 1.82) is 0 Å². The van der Waals surface area contributed by atoms with Gasteiger partial charge in [-0.3, -0.25) is 9.59 Å². The molecule has 2 atom stereocenters. The average molecular weight is 528 g/mol. The molecule has 1 aliphatic rings. The summed E-state index contributed by atoms with van der Waals surface area (Å²) in [5.41, 5.74) is 0.283. The molecule has 3 N–H and O–H groups in total. The van der Waals surface area contributed by atoms with Crippen molar-refractivity contribution in [2.75, 3.05) is 13.2 Å². The van der Waals surface area contributed by atoms with Crippen LogP contribution in [-0.4, -0.2) is 58.8 Å². The first-order valence-electron chi connectivity index (χ1n) is 13.9. The van der Waals surface area contributed by atoms with Gasteiger partial charge in [-0.15, -0.1) is 6.42 Å². The van der Waals surface area contributed by atoms with Crippen molar-refractivity contribution in [2.45, 2.75) is 109 Å². The summed E-state index contributed by atoms with van der Waals surface area (Å²) in [5, 5.41) is 15.7. The molecule has 0 saturated heterocycles. The van der Waals surface area contributed by atoms with Crippen molar-refractivity contribution in [3.8, 4) is 12.3 Å². The van der Waals surface area contributed by atoms with Gasteiger partial charge in [-0.05, 0) is 51.7 Å². The maximum atomic E-state index is 13.9. The van der Waals surface area contributed by atoms with Crippen LogP contribution >= 0.6 is 0 Å². The SMILES string of the molecule is C#Cc1ccccc1C(C(=O)NC1CCCCC1)N(CCCCCC)C(=O)C(CO)NC(=O)OC(C)(C)C. The van der Waals surface area contributed by atoms with Crippen LogP contribution in [0.5, 0.6) is 0 Å². The predicted molar refractivity (Wildman–Crippen MR) is 148 cm³/mol. The first kappa shape index (κ1) is 31.2. The number of aliphatic hydroxyl groups excluding tert-OH is 1. The van der Waals surface area contributed by atoms with Gasteiger partial charge in [-0.2, -0.15) is 0 Å². The van der Waals surface area contributed by atoms with Gasteiger partial charge in [0.05, 0.1) is 6.61 Å². The van der Waals surface area contributed by atoms with Crippen LogP contribution in [0.25, 0.3) is 0 Å². The molecule has 0 aromatic heterocycles. The Balaban J connectivity index is 2.45. The van der Waals surface area contributed by atoms with Gasteiger partial charge in [0.2, 0.25) is 11.8 Å². The highest BCUT2D eigenvalue weighted by molar-refractivity contribution is 5.92. The number of carbonyl (C=O) groups is 3. The van der Waals surface area contributed by atoms with E-state index in [0.29, 0.717) is 17.5 Å². The minimum atomic E-state index is -1.28. The van der Waals surface area contributed by atoms with E-state index in [4.69, 9.17) is 11.2 Å². The molecule has 1 fully saturated rings. The molecule has 1 aromatic rings. The number of hydrogen-bond donors (Lipinski definition) is 3. The molecule has 8 nitrogen and oxygen atoms in total. The number of alkyl carbamates (subject to hydrolysis) is 1. The Bertz CT molecular complexity index is 959. The lowest BCUT2D eigenvalue weighted by Crippen LogP contribution is -2.55. The molecule has 1 aliphatic carbocycles. The summed E-state index contributed by atoms with van der Waals surface area (Å²) in [5.74, 6) is 1.78. The quantitative estimate of drug-likeness (QED) is 0.275. The second-order valence-electron chi connectivity index (χ2n) is 11.0. The van der Waals surface area contributed by atoms with E-state index in [2.05, 4.69) is 23.5 Å². The average Bonchev–Trinajstić information content (AvgIpc) is 2.88. The summed E-state index contributed by atoms with van der Waals surface area (Å²) in [7, 11) is 0. The molecule has 2 unspecified atom stereocenters. The standard InChI is InChI=1S/C30H45N3O5/c1-6-8-9-15-20-33(28(36)25(21-34)32-29(37)38-30(3,4)5)26(24-19-14-13-16-22(24)7-2)27(35)31-23-17-11-10-12-18-23/h2,13-14,16,19,23,25-26,34H,6,8-12,15,17-18,20-21H2,1,3-5H3,(H,31,35)(H,32,37). The fourth-order valence-corrected chi connectivity index (χ4v) is 4.76. The number of rotatable bonds is 12. The third-order valence-electron chi connectivity index (χ3n) is 6.63. The molecule has 0 spiro atoms. The molecular formula is C30H45N3O5. The van der Waals surface area contributed by atoms with Gasteiger partial charge in [0.25, 0.3) is 0 Å². The largest absolute Gasteiger partial charge is 0.444 e. The minimum Gasteiger partial charge on any atom is -0.444 e. The van der Waals surface area contributed by atoms with Gasteiger partial charge >= 0.3 is 6.09 Å². The first-order chi connectivity index (χ1) is 18.1. The van der Waals surface area contributed by atoms with Crippen LogP contribution in [0.1, 0.15) is 103 Å². The molecule has 0 bridgehead atoms. The molecule has 0 aliphatic heterocycles. The molecular weight excluding hydrogens is 482 g/mol. The number of nitrogens with zero attached hydrogens (tertiary/aromatic N) is 1. The number of terminal acetylenes is 1. The first-order valence-corrected chi connectivity index (χ1v) is 13.9. The normalized spacial score (nSPS) is 15.6. The van der Waals surface area contributed by atoms with Crippen molar-refractivity contribution in [3.05, 3.63) is 35.4 Å². The molecule has 0 heterocycles. The van der Waals surface area contributed by atoms with Crippen molar-refractivity contribution in [3.63, 3.8) is 0 Å². The van der Waals surface area contributed by atoms with Crippen LogP contribution < -0.4 is 10.6 Å². The van der Waals surface area contributed by atoms with Gasteiger partial charge in [0.15, 0.2) is 0 Å². The van der Waals surface area contributed by atoms with Gasteiger partial charge in [-0.1, -0.05) is 69.6 Å². The molecule has 2 rings (SSSR count). The van der Waals surface area contributed by atoms with E-state index in [0.717, 1.165) is 51.4 Å². The van der Waals surface area contributed by atoms with E-state index in [1.165, 1.54) is 4.90 Å². The lowest BCUT2D eigenvalue weighted by molar-refractivity contribution is -0.143. The maximum Gasteiger partial charge on any atom is 0.408 e. The van der Waals surface area contributed by atoms with E-state index in [1.54, 1.807) is 45.0 Å². The number of nitrogens with one attached hydrogen (secondary N) is 2. The van der Waals surface area contributed by atoms with E-state index >= 15 is 0 Å². The number of aliphatic hydroxyl groups is 1. The van der Waals surface area contributed by atoms with Crippen molar-refractivity contribution in [1.82, 2.24) is 15.5 Å². The molecule has 1 aromatic carbocycles. The van der Waals surface area contributed by atoms with Gasteiger partial charge in [0, 0.05) is 18.2 Å². The number of hydrogen-bond acceptors (Lipinski definition) is 5. The highest BCUT2D eigenvalue weighted by atomic mass is 16.6. The molecule has 3 amide bonds. The Morgan fingerprint density at radius 3 is 2.42 bits per heavy atom. The van der Waals surface area contributed by atoms with Crippen molar-refractivity contribution >= 4 is 17.9 Å². The number of unbranched alkanes of at least 4 members (excludes halogenated alkanes) is 3. The Morgan fingerprint density at radius 1 is 1.13 bits per heavy atom. The molecule has 38 heavy (non-hydrogen) atoms. The van der Waals surface area contributed by atoms with Gasteiger partial charge < -0.3 is 25.4 Å². The van der Waals surface area contributed by atoms with Crippen molar-refractivity contribution in [2.24, 2.45) is 0 Å². The lowest BCUT2D eigenvalue weighted by atomic mass is 9.93. The zero-order chi connectivity index (χ0) is 28.1. The van der Waals surface area contributed by atoms with Crippen LogP contribution in [0.3, 0.4) is 0 Å². The Hall–Kier alpha value is -3.05. The van der Waals surface area contributed by atoms with Crippen LogP contribution in [0, 0.1) is 12.3 Å². The highest BCUT2D eigenvalue weighted by Crippen LogP contribution is 2.28. The van der Waals surface area contributed by atoms with Gasteiger partial charge in [0.1, 0.15) is 17.7 Å². The number of amides is 3. The van der Waals surface area contributed by atoms with E-state index < -0.39 is 36.3 Å². The summed E-state index contributed by atoms with van der Waals surface area (Å²) >= 11 is 0. The van der Waals surface area contributed by atoms with E-state index in [9.17, 15) is 19.5 Å². The zero-order valence-electron chi connectivity index (χ0n) is 23.4. The van der Waals surface area contributed by atoms with Gasteiger partial charge in [-0.25, -0.2) is 4.79 Å². The van der Waals surface area contributed by atoms with Crippen LogP contribution in [0.15, 0.2) is 24.3 Å². The minimum absolute atomic E-state index is 0.0299. The maximum absolute atomic E-state index is 13.9. The summed E-state index contributed by atoms with van der Waals surface area (Å²) in [6.07, 6.45) is 13.5. The number of benzene rings is 1. The van der Waals surface area contributed by atoms with E-state index in [-0.39, 0.29) is 18.5 Å². The second kappa shape index (κ2) is 15.4. The summed E-state index contributed by atoms with van der Waals surface area (Å²) in [4.78, 5) is 41.7. The summed E-state index contributed by atoms with van der Waals surface area (Å²) < 4.78 is 5.30. The van der Waals surface area contributed by atoms with Crippen LogP contribution in [0.2, 0.25) is 0 Å². The van der Waals surface area contributed by atoms with Crippen LogP contribution in [0.4, 0.5) is 4.79 Å². The number of ether oxygens (including phenoxy) is 1. The highest BCUT2D eigenvalue weighted by Gasteiger charge is 2.37. The zero-order valence-corrected chi connectivity index (χ0v) is 23.4. The Labute approximate surface area is 227 Å². The Morgan fingerprint density at radius 2 is 1.82 bits per heavy atom. The summed E-state index contributed by atoms with van der Waals surface area (Å²) in [6.45, 7) is 6.86. The fourth-order valence-electron chi connectivity index (χ4n) is 4.76. The third kappa shape index (κ3) is 9.68. The molecule has 8 heteroatoms. The summed E-state index contributed by atoms with van der Waals surface area (Å²) in [6, 6.07) is 4.84. The fraction of sp³-hybridized carbons (Fsp3) is 0.633.